The molecule has 1 aromatic carbocycles. The molecular weight excluding hydrogens is 346 g/mol. The van der Waals surface area contributed by atoms with Crippen LogP contribution >= 0.6 is 31.6 Å². The van der Waals surface area contributed by atoms with Gasteiger partial charge in [-0.3, -0.25) is 25.0 Å². The highest BCUT2D eigenvalue weighted by Gasteiger charge is 2.26. The summed E-state index contributed by atoms with van der Waals surface area (Å²) in [6, 6.07) is 6.93. The monoisotopic (exact) mass is 364 g/mol. The van der Waals surface area contributed by atoms with E-state index in [0.717, 1.165) is 31.6 Å². The molecule has 1 aromatic rings. The van der Waals surface area contributed by atoms with Gasteiger partial charge in [-0.05, 0) is 12.0 Å². The molecule has 1 fully saturated rings. The molecule has 1 heterocycles. The molecule has 0 saturated carbocycles. The van der Waals surface area contributed by atoms with Crippen LogP contribution in [-0.2, 0) is 0 Å². The predicted octanol–water partition coefficient (Wildman–Crippen LogP) is 3.23. The number of nitro groups is 1. The second kappa shape index (κ2) is 8.96. The van der Waals surface area contributed by atoms with Crippen molar-refractivity contribution in [2.24, 2.45) is 0 Å². The number of hydrogen-bond acceptors (Lipinski definition) is 5. The summed E-state index contributed by atoms with van der Waals surface area (Å²) in [6.45, 7) is 2.43. The molecule has 0 radical (unpaired) electrons. The highest BCUT2D eigenvalue weighted by Crippen LogP contribution is 2.39. The average molecular weight is 365 g/mol. The van der Waals surface area contributed by atoms with Crippen molar-refractivity contribution in [1.29, 1.82) is 0 Å². The molecule has 0 bridgehead atoms. The molecule has 0 amide bonds. The van der Waals surface area contributed by atoms with Gasteiger partial charge in [0.15, 0.2) is 0 Å². The number of halogens is 2. The van der Waals surface area contributed by atoms with E-state index < -0.39 is 8.37 Å². The van der Waals surface area contributed by atoms with Crippen LogP contribution in [0.15, 0.2) is 24.3 Å². The summed E-state index contributed by atoms with van der Waals surface area (Å²) in [5, 5.41) is 17.8. The molecule has 1 saturated heterocycles. The van der Waals surface area contributed by atoms with Crippen molar-refractivity contribution in [1.82, 2.24) is 14.8 Å². The predicted molar refractivity (Wildman–Crippen MR) is 91.5 cm³/mol. The molecule has 2 rings (SSSR count). The third-order valence-electron chi connectivity index (χ3n) is 3.45. The summed E-state index contributed by atoms with van der Waals surface area (Å²) < 4.78 is 2.23. The number of rotatable bonds is 7. The Labute approximate surface area is 141 Å². The number of nitrogens with one attached hydrogen (secondary N) is 2. The van der Waals surface area contributed by atoms with Gasteiger partial charge in [-0.2, -0.15) is 0 Å². The first-order chi connectivity index (χ1) is 10.7. The lowest BCUT2D eigenvalue weighted by atomic mass is 10.0. The second-order valence-electron chi connectivity index (χ2n) is 4.87. The first-order valence-electron chi connectivity index (χ1n) is 7.06. The lowest BCUT2D eigenvalue weighted by Crippen LogP contribution is -2.40. The number of nitro benzene ring substituents is 1. The summed E-state index contributed by atoms with van der Waals surface area (Å²) in [6.07, 6.45) is 0.937. The van der Waals surface area contributed by atoms with Crippen LogP contribution in [0, 0.1) is 10.1 Å². The zero-order valence-corrected chi connectivity index (χ0v) is 14.4. The average Bonchev–Trinajstić information content (AvgIpc) is 2.55. The van der Waals surface area contributed by atoms with Gasteiger partial charge in [-0.1, -0.05) is 12.1 Å². The third kappa shape index (κ3) is 4.75. The molecule has 0 spiro atoms. The Balaban J connectivity index is 2.04. The van der Waals surface area contributed by atoms with E-state index in [1.54, 1.807) is 12.1 Å². The maximum Gasteiger partial charge on any atom is 0.269 e. The Hall–Kier alpha value is -0.490. The van der Waals surface area contributed by atoms with Gasteiger partial charge in [0.2, 0.25) is 0 Å². The van der Waals surface area contributed by atoms with Gasteiger partial charge < -0.3 is 0 Å². The summed E-state index contributed by atoms with van der Waals surface area (Å²) >= 11 is 11.7. The van der Waals surface area contributed by atoms with Gasteiger partial charge in [0.05, 0.1) is 4.92 Å². The molecule has 0 aliphatic carbocycles. The molecule has 6 nitrogen and oxygen atoms in total. The molecule has 2 atom stereocenters. The lowest BCUT2D eigenvalue weighted by Gasteiger charge is -2.38. The molecule has 1 aliphatic rings. The normalized spacial score (nSPS) is 22.0. The fourth-order valence-electron chi connectivity index (χ4n) is 2.33. The van der Waals surface area contributed by atoms with Crippen LogP contribution in [0.25, 0.3) is 0 Å². The van der Waals surface area contributed by atoms with Gasteiger partial charge in [-0.25, -0.2) is 0 Å². The van der Waals surface area contributed by atoms with Gasteiger partial charge >= 0.3 is 0 Å². The molecule has 9 heteroatoms. The van der Waals surface area contributed by atoms with E-state index in [1.807, 2.05) is 12.1 Å². The maximum atomic E-state index is 10.7. The van der Waals surface area contributed by atoms with Crippen LogP contribution in [0.5, 0.6) is 0 Å². The van der Waals surface area contributed by atoms with Gasteiger partial charge in [-0.15, -0.1) is 23.2 Å². The highest BCUT2D eigenvalue weighted by molar-refractivity contribution is 7.50. The smallest absolute Gasteiger partial charge is 0.269 e. The fourth-order valence-corrected chi connectivity index (χ4v) is 4.94. The summed E-state index contributed by atoms with van der Waals surface area (Å²) in [5.74, 6) is 1.11. The Morgan fingerprint density at radius 3 is 2.45 bits per heavy atom. The Kier molecular flexibility index (Phi) is 7.28. The number of benzene rings is 1. The molecule has 2 unspecified atom stereocenters. The number of hydrogen-bond donors (Lipinski definition) is 2. The van der Waals surface area contributed by atoms with E-state index in [2.05, 4.69) is 14.8 Å². The minimum Gasteiger partial charge on any atom is -0.271 e. The molecular formula is C13H19Cl2N4O2P. The van der Waals surface area contributed by atoms with E-state index >= 15 is 0 Å². The van der Waals surface area contributed by atoms with Crippen molar-refractivity contribution in [3.8, 4) is 0 Å². The van der Waals surface area contributed by atoms with Crippen molar-refractivity contribution >= 4 is 37.3 Å². The summed E-state index contributed by atoms with van der Waals surface area (Å²) in [4.78, 5) is 10.3. The largest absolute Gasteiger partial charge is 0.271 e. The van der Waals surface area contributed by atoms with Crippen LogP contribution in [-0.4, -0.2) is 41.0 Å². The van der Waals surface area contributed by atoms with Gasteiger partial charge in [0.25, 0.3) is 5.69 Å². The summed E-state index contributed by atoms with van der Waals surface area (Å²) in [7, 11) is -0.699. The van der Waals surface area contributed by atoms with Gasteiger partial charge in [0, 0.05) is 49.6 Å². The Bertz CT molecular complexity index is 485. The molecule has 22 heavy (non-hydrogen) atoms. The lowest BCUT2D eigenvalue weighted by molar-refractivity contribution is -0.384. The zero-order chi connectivity index (χ0) is 15.9. The first-order valence-corrected chi connectivity index (χ1v) is 9.43. The van der Waals surface area contributed by atoms with E-state index in [4.69, 9.17) is 23.2 Å². The maximum absolute atomic E-state index is 10.7. The second-order valence-corrected chi connectivity index (χ2v) is 7.39. The van der Waals surface area contributed by atoms with E-state index in [1.165, 1.54) is 0 Å². The number of alkyl halides is 2. The topological polar surface area (TPSA) is 70.4 Å². The number of non-ortho nitro benzene ring substituents is 1. The zero-order valence-electron chi connectivity index (χ0n) is 12.0. The fraction of sp³-hybridized carbons (Fsp3) is 0.538. The number of nitrogens with zero attached hydrogens (tertiary/aromatic N) is 2. The van der Waals surface area contributed by atoms with E-state index in [-0.39, 0.29) is 16.7 Å². The molecule has 2 N–H and O–H groups in total. The van der Waals surface area contributed by atoms with Gasteiger partial charge in [0.1, 0.15) is 8.37 Å². The molecule has 0 aromatic heterocycles. The van der Waals surface area contributed by atoms with Crippen LogP contribution in [0.1, 0.15) is 18.0 Å². The van der Waals surface area contributed by atoms with Crippen molar-refractivity contribution < 1.29 is 4.92 Å². The van der Waals surface area contributed by atoms with Crippen molar-refractivity contribution in [3.05, 3.63) is 39.9 Å². The Morgan fingerprint density at radius 1 is 1.27 bits per heavy atom. The van der Waals surface area contributed by atoms with Crippen molar-refractivity contribution in [2.75, 3.05) is 31.4 Å². The third-order valence-corrected chi connectivity index (χ3v) is 5.83. The summed E-state index contributed by atoms with van der Waals surface area (Å²) in [5.41, 5.74) is 1.18. The van der Waals surface area contributed by atoms with E-state index in [0.29, 0.717) is 11.8 Å². The van der Waals surface area contributed by atoms with Crippen LogP contribution in [0.2, 0.25) is 0 Å². The first kappa shape index (κ1) is 17.9. The van der Waals surface area contributed by atoms with Crippen molar-refractivity contribution in [2.45, 2.75) is 12.5 Å². The minimum atomic E-state index is -0.699. The molecule has 122 valence electrons. The Morgan fingerprint density at radius 2 is 1.91 bits per heavy atom. The SMILES string of the molecule is O=[N+]([O-])c1ccc(C2CCNP(N(CCCl)CCCl)N2)cc1. The standard InChI is InChI=1S/C13H19Cl2N4O2P/c14-6-9-18(10-7-15)22-16-8-5-13(17-22)11-1-3-12(4-2-11)19(20)21/h1-4,13,16-17H,5-10H2. The highest BCUT2D eigenvalue weighted by atomic mass is 35.5. The van der Waals surface area contributed by atoms with E-state index in [9.17, 15) is 10.1 Å². The van der Waals surface area contributed by atoms with Crippen LogP contribution in [0.4, 0.5) is 5.69 Å². The van der Waals surface area contributed by atoms with Crippen molar-refractivity contribution in [3.63, 3.8) is 0 Å². The van der Waals surface area contributed by atoms with Crippen LogP contribution < -0.4 is 10.2 Å². The quantitative estimate of drug-likeness (QED) is 0.336. The van der Waals surface area contributed by atoms with Crippen LogP contribution in [0.3, 0.4) is 0 Å². The molecule has 1 aliphatic heterocycles. The minimum absolute atomic E-state index is 0.117.